The van der Waals surface area contributed by atoms with Crippen molar-refractivity contribution in [1.82, 2.24) is 15.1 Å². The molecule has 2 amide bonds. The molecule has 0 spiro atoms. The Morgan fingerprint density at radius 3 is 2.56 bits per heavy atom. The van der Waals surface area contributed by atoms with E-state index in [0.717, 1.165) is 24.1 Å². The van der Waals surface area contributed by atoms with E-state index in [2.05, 4.69) is 26.1 Å². The summed E-state index contributed by atoms with van der Waals surface area (Å²) in [6, 6.07) is 9.35. The molecule has 3 rings (SSSR count). The molecule has 0 radical (unpaired) electrons. The van der Waals surface area contributed by atoms with Gasteiger partial charge in [0.2, 0.25) is 0 Å². The first-order chi connectivity index (χ1) is 12.1. The van der Waals surface area contributed by atoms with E-state index in [9.17, 15) is 9.59 Å². The molecule has 0 unspecified atom stereocenters. The van der Waals surface area contributed by atoms with Gasteiger partial charge in [-0.05, 0) is 39.5 Å². The van der Waals surface area contributed by atoms with Crippen LogP contribution in [0.3, 0.4) is 0 Å². The lowest BCUT2D eigenvalue weighted by molar-refractivity contribution is 0.0637. The van der Waals surface area contributed by atoms with Crippen molar-refractivity contribution in [1.29, 1.82) is 0 Å². The Morgan fingerprint density at radius 2 is 1.88 bits per heavy atom. The minimum absolute atomic E-state index is 0.0241. The highest BCUT2D eigenvalue weighted by Crippen LogP contribution is 2.18. The van der Waals surface area contributed by atoms with Crippen LogP contribution in [0.5, 0.6) is 0 Å². The molecule has 1 fully saturated rings. The quantitative estimate of drug-likeness (QED) is 0.807. The van der Waals surface area contributed by atoms with Crippen LogP contribution in [-0.2, 0) is 0 Å². The van der Waals surface area contributed by atoms with Crippen molar-refractivity contribution in [2.24, 2.45) is 0 Å². The van der Waals surface area contributed by atoms with Gasteiger partial charge < -0.3 is 10.2 Å². The molecule has 1 aliphatic rings. The van der Waals surface area contributed by atoms with E-state index >= 15 is 0 Å². The number of halogens is 1. The molecule has 7 heteroatoms. The zero-order valence-electron chi connectivity index (χ0n) is 13.8. The first kappa shape index (κ1) is 18.1. The summed E-state index contributed by atoms with van der Waals surface area (Å²) in [6.45, 7) is 4.48. The number of hydrogen-bond donors (Lipinski definition) is 1. The summed E-state index contributed by atoms with van der Waals surface area (Å²) < 4.78 is 0.832. The molecule has 132 valence electrons. The number of rotatable bonds is 5. The van der Waals surface area contributed by atoms with Gasteiger partial charge in [0.15, 0.2) is 0 Å². The minimum Gasteiger partial charge on any atom is -0.351 e. The molecule has 1 aromatic heterocycles. The average molecular weight is 422 g/mol. The molecule has 0 atom stereocenters. The maximum absolute atomic E-state index is 12.6. The lowest BCUT2D eigenvalue weighted by Gasteiger charge is -2.34. The van der Waals surface area contributed by atoms with Crippen LogP contribution < -0.4 is 5.32 Å². The Labute approximate surface area is 159 Å². The molecule has 5 nitrogen and oxygen atoms in total. The number of benzene rings is 1. The molecule has 1 N–H and O–H groups in total. The van der Waals surface area contributed by atoms with Crippen molar-refractivity contribution in [3.05, 3.63) is 56.7 Å². The van der Waals surface area contributed by atoms with Gasteiger partial charge in [-0.25, -0.2) is 0 Å². The summed E-state index contributed by atoms with van der Waals surface area (Å²) >= 11 is 4.96. The molecule has 0 bridgehead atoms. The highest BCUT2D eigenvalue weighted by Gasteiger charge is 2.23. The predicted molar refractivity (Wildman–Crippen MR) is 103 cm³/mol. The maximum atomic E-state index is 12.6. The topological polar surface area (TPSA) is 52.7 Å². The number of piperazine rings is 1. The summed E-state index contributed by atoms with van der Waals surface area (Å²) in [6.07, 6.45) is 0. The Balaban J connectivity index is 1.42. The molecule has 25 heavy (non-hydrogen) atoms. The van der Waals surface area contributed by atoms with Crippen LogP contribution in [0, 0.1) is 0 Å². The van der Waals surface area contributed by atoms with E-state index in [0.29, 0.717) is 30.8 Å². The van der Waals surface area contributed by atoms with Crippen LogP contribution in [0.4, 0.5) is 0 Å². The largest absolute Gasteiger partial charge is 0.351 e. The van der Waals surface area contributed by atoms with Gasteiger partial charge in [-0.1, -0.05) is 12.1 Å². The fourth-order valence-electron chi connectivity index (χ4n) is 2.80. The van der Waals surface area contributed by atoms with Crippen molar-refractivity contribution < 1.29 is 9.59 Å². The fraction of sp³-hybridized carbons (Fsp3) is 0.333. The molecule has 2 heterocycles. The predicted octanol–water partition coefficient (Wildman–Crippen LogP) is 2.70. The lowest BCUT2D eigenvalue weighted by atomic mass is 10.2. The van der Waals surface area contributed by atoms with Crippen molar-refractivity contribution in [3.8, 4) is 0 Å². The van der Waals surface area contributed by atoms with Gasteiger partial charge >= 0.3 is 0 Å². The van der Waals surface area contributed by atoms with Gasteiger partial charge in [-0.2, -0.15) is 11.3 Å². The van der Waals surface area contributed by atoms with Gasteiger partial charge in [-0.3, -0.25) is 14.5 Å². The molecule has 2 aromatic rings. The van der Waals surface area contributed by atoms with E-state index in [1.54, 1.807) is 0 Å². The van der Waals surface area contributed by atoms with Crippen molar-refractivity contribution in [2.75, 3.05) is 39.3 Å². The summed E-state index contributed by atoms with van der Waals surface area (Å²) in [7, 11) is 0. The van der Waals surface area contributed by atoms with Crippen molar-refractivity contribution in [3.63, 3.8) is 0 Å². The first-order valence-electron chi connectivity index (χ1n) is 8.21. The van der Waals surface area contributed by atoms with Crippen LogP contribution >= 0.6 is 27.3 Å². The lowest BCUT2D eigenvalue weighted by Crippen LogP contribution is -2.50. The molecule has 0 aliphatic carbocycles. The van der Waals surface area contributed by atoms with E-state index < -0.39 is 0 Å². The maximum Gasteiger partial charge on any atom is 0.255 e. The Hall–Kier alpha value is -1.70. The smallest absolute Gasteiger partial charge is 0.255 e. The van der Waals surface area contributed by atoms with Crippen molar-refractivity contribution in [2.45, 2.75) is 0 Å². The highest BCUT2D eigenvalue weighted by molar-refractivity contribution is 9.10. The molecule has 0 saturated carbocycles. The Bertz CT molecular complexity index is 728. The standard InChI is InChI=1S/C18H20BrN3O2S/c19-16-4-2-1-3-15(16)18(24)22-10-8-21(9-11-22)7-6-20-17(23)14-5-12-25-13-14/h1-5,12-13H,6-11H2,(H,20,23). The normalized spacial score (nSPS) is 15.2. The Morgan fingerprint density at radius 1 is 1.12 bits per heavy atom. The van der Waals surface area contributed by atoms with Crippen LogP contribution in [0.1, 0.15) is 20.7 Å². The van der Waals surface area contributed by atoms with E-state index in [1.807, 2.05) is 46.0 Å². The summed E-state index contributed by atoms with van der Waals surface area (Å²) in [5.41, 5.74) is 1.42. The number of nitrogens with zero attached hydrogens (tertiary/aromatic N) is 2. The third-order valence-electron chi connectivity index (χ3n) is 4.26. The monoisotopic (exact) mass is 421 g/mol. The Kier molecular flexibility index (Phi) is 6.23. The second kappa shape index (κ2) is 8.60. The summed E-state index contributed by atoms with van der Waals surface area (Å²) in [4.78, 5) is 28.6. The van der Waals surface area contributed by atoms with Crippen LogP contribution in [0.25, 0.3) is 0 Å². The minimum atomic E-state index is -0.0241. The van der Waals surface area contributed by atoms with Crippen LogP contribution in [0.15, 0.2) is 45.6 Å². The first-order valence-corrected chi connectivity index (χ1v) is 9.95. The molecular weight excluding hydrogens is 402 g/mol. The van der Waals surface area contributed by atoms with Gasteiger partial charge in [0.05, 0.1) is 5.56 Å². The van der Waals surface area contributed by atoms with Gasteiger partial charge in [0.25, 0.3) is 11.8 Å². The summed E-state index contributed by atoms with van der Waals surface area (Å²) in [5, 5.41) is 6.69. The van der Waals surface area contributed by atoms with Crippen LogP contribution in [0.2, 0.25) is 0 Å². The van der Waals surface area contributed by atoms with Crippen molar-refractivity contribution >= 4 is 39.1 Å². The SMILES string of the molecule is O=C(NCCN1CCN(C(=O)c2ccccc2Br)CC1)c1ccsc1. The summed E-state index contributed by atoms with van der Waals surface area (Å²) in [5.74, 6) is 0.0434. The molecule has 1 aromatic carbocycles. The van der Waals surface area contributed by atoms with E-state index in [4.69, 9.17) is 0 Å². The third-order valence-corrected chi connectivity index (χ3v) is 5.64. The second-order valence-electron chi connectivity index (χ2n) is 5.88. The number of amides is 2. The van der Waals surface area contributed by atoms with E-state index in [1.165, 1.54) is 11.3 Å². The van der Waals surface area contributed by atoms with Crippen LogP contribution in [-0.4, -0.2) is 60.9 Å². The second-order valence-corrected chi connectivity index (χ2v) is 7.52. The van der Waals surface area contributed by atoms with Gasteiger partial charge in [0.1, 0.15) is 0 Å². The number of carbonyl (C=O) groups excluding carboxylic acids is 2. The zero-order chi connectivity index (χ0) is 17.6. The van der Waals surface area contributed by atoms with Gasteiger partial charge in [0, 0.05) is 54.7 Å². The highest BCUT2D eigenvalue weighted by atomic mass is 79.9. The number of carbonyl (C=O) groups is 2. The molecule has 1 saturated heterocycles. The molecule has 1 aliphatic heterocycles. The average Bonchev–Trinajstić information content (AvgIpc) is 3.17. The molecular formula is C18H20BrN3O2S. The van der Waals surface area contributed by atoms with E-state index in [-0.39, 0.29) is 11.8 Å². The number of hydrogen-bond acceptors (Lipinski definition) is 4. The number of nitrogens with one attached hydrogen (secondary N) is 1. The zero-order valence-corrected chi connectivity index (χ0v) is 16.2. The van der Waals surface area contributed by atoms with Gasteiger partial charge in [-0.15, -0.1) is 0 Å². The number of thiophene rings is 1. The fourth-order valence-corrected chi connectivity index (χ4v) is 3.89. The third kappa shape index (κ3) is 4.68.